The lowest BCUT2D eigenvalue weighted by atomic mass is 10.0. The van der Waals surface area contributed by atoms with Gasteiger partial charge in [-0.05, 0) is 19.3 Å². The molecule has 0 N–H and O–H groups in total. The predicted molar refractivity (Wildman–Crippen MR) is 62.6 cm³/mol. The van der Waals surface area contributed by atoms with Crippen molar-refractivity contribution in [1.29, 1.82) is 0 Å². The van der Waals surface area contributed by atoms with Gasteiger partial charge in [0, 0.05) is 11.0 Å². The van der Waals surface area contributed by atoms with E-state index in [1.807, 2.05) is 0 Å². The molecule has 76 valence electrons. The third-order valence-corrected chi connectivity index (χ3v) is 4.73. The van der Waals surface area contributed by atoms with Crippen molar-refractivity contribution in [1.82, 2.24) is 0 Å². The van der Waals surface area contributed by atoms with Gasteiger partial charge in [0.05, 0.1) is 0 Å². The molecule has 0 saturated heterocycles. The topological polar surface area (TPSA) is 17.1 Å². The number of carbonyl (C=O) groups is 1. The zero-order valence-corrected chi connectivity index (χ0v) is 9.88. The van der Waals surface area contributed by atoms with Crippen LogP contribution in [0.2, 0.25) is 0 Å². The Labute approximate surface area is 89.4 Å². The van der Waals surface area contributed by atoms with E-state index in [-0.39, 0.29) is 0 Å². The minimum absolute atomic E-state index is 0.341. The van der Waals surface area contributed by atoms with Crippen LogP contribution in [0.4, 0.5) is 4.79 Å². The minimum atomic E-state index is 0.341. The number of carbonyl (C=O) groups excluding carboxylic acids is 1. The molecule has 0 aromatic carbocycles. The van der Waals surface area contributed by atoms with Crippen molar-refractivity contribution in [2.24, 2.45) is 0 Å². The van der Waals surface area contributed by atoms with Crippen LogP contribution >= 0.6 is 23.5 Å². The normalized spacial score (nSPS) is 18.8. The summed E-state index contributed by atoms with van der Waals surface area (Å²) in [4.78, 5) is 11.4. The van der Waals surface area contributed by atoms with E-state index in [0.29, 0.717) is 9.70 Å². The summed E-state index contributed by atoms with van der Waals surface area (Å²) in [5.74, 6) is 0.985. The lowest BCUT2D eigenvalue weighted by Crippen LogP contribution is -2.09. The fourth-order valence-corrected chi connectivity index (χ4v) is 3.68. The Bertz CT molecular complexity index is 153. The van der Waals surface area contributed by atoms with E-state index in [9.17, 15) is 4.79 Å². The highest BCUT2D eigenvalue weighted by Crippen LogP contribution is 2.32. The summed E-state index contributed by atoms with van der Waals surface area (Å²) in [6.45, 7) is 2.12. The van der Waals surface area contributed by atoms with Gasteiger partial charge in [-0.2, -0.15) is 0 Å². The van der Waals surface area contributed by atoms with Crippen molar-refractivity contribution < 1.29 is 4.79 Å². The van der Waals surface area contributed by atoms with Crippen molar-refractivity contribution in [3.63, 3.8) is 0 Å². The van der Waals surface area contributed by atoms with Gasteiger partial charge in [-0.25, -0.2) is 0 Å². The molecule has 1 nitrogen and oxygen atoms in total. The molecule has 1 aliphatic rings. The van der Waals surface area contributed by atoms with E-state index in [4.69, 9.17) is 0 Å². The maximum Gasteiger partial charge on any atom is 0.246 e. The molecular weight excluding hydrogens is 200 g/mol. The van der Waals surface area contributed by atoms with Crippen LogP contribution in [0.25, 0.3) is 0 Å². The van der Waals surface area contributed by atoms with Crippen LogP contribution in [0.5, 0.6) is 0 Å². The second kappa shape index (κ2) is 6.77. The Kier molecular flexibility index (Phi) is 5.96. The summed E-state index contributed by atoms with van der Waals surface area (Å²) < 4.78 is 0.341. The van der Waals surface area contributed by atoms with Crippen molar-refractivity contribution in [2.75, 3.05) is 5.75 Å². The zero-order valence-electron chi connectivity index (χ0n) is 8.25. The van der Waals surface area contributed by atoms with Gasteiger partial charge >= 0.3 is 0 Å². The van der Waals surface area contributed by atoms with Gasteiger partial charge in [-0.15, -0.1) is 0 Å². The first-order chi connectivity index (χ1) is 6.33. The van der Waals surface area contributed by atoms with Gasteiger partial charge < -0.3 is 0 Å². The van der Waals surface area contributed by atoms with Crippen LogP contribution in [0.3, 0.4) is 0 Å². The molecule has 0 amide bonds. The molecule has 0 aromatic rings. The Morgan fingerprint density at radius 1 is 1.31 bits per heavy atom. The molecule has 1 rings (SSSR count). The molecule has 3 heteroatoms. The van der Waals surface area contributed by atoms with Crippen LogP contribution in [0.15, 0.2) is 0 Å². The fourth-order valence-electron chi connectivity index (χ4n) is 1.54. The maximum absolute atomic E-state index is 11.4. The quantitative estimate of drug-likeness (QED) is 0.702. The van der Waals surface area contributed by atoms with E-state index in [0.717, 1.165) is 12.2 Å². The van der Waals surface area contributed by atoms with Crippen molar-refractivity contribution in [2.45, 2.75) is 50.7 Å². The SMILES string of the molecule is CCCSC(=O)SC1CCCCC1. The van der Waals surface area contributed by atoms with Gasteiger partial charge in [-0.3, -0.25) is 4.79 Å². The first kappa shape index (κ1) is 11.4. The molecule has 13 heavy (non-hydrogen) atoms. The van der Waals surface area contributed by atoms with Crippen LogP contribution in [-0.2, 0) is 0 Å². The summed E-state index contributed by atoms with van der Waals surface area (Å²) in [5.41, 5.74) is 0. The molecule has 1 aliphatic carbocycles. The van der Waals surface area contributed by atoms with Crippen molar-refractivity contribution >= 4 is 28.0 Å². The standard InChI is InChI=1S/C10H18OS2/c1-2-8-12-10(11)13-9-6-4-3-5-7-9/h9H,2-8H2,1H3. The zero-order chi connectivity index (χ0) is 9.52. The summed E-state index contributed by atoms with van der Waals surface area (Å²) in [5, 5.41) is 0.630. The monoisotopic (exact) mass is 218 g/mol. The third kappa shape index (κ3) is 4.96. The number of hydrogen-bond donors (Lipinski definition) is 0. The molecule has 0 bridgehead atoms. The van der Waals surface area contributed by atoms with E-state index >= 15 is 0 Å². The van der Waals surface area contributed by atoms with E-state index < -0.39 is 0 Å². The van der Waals surface area contributed by atoms with Crippen LogP contribution in [0, 0.1) is 0 Å². The largest absolute Gasteiger partial charge is 0.274 e. The molecule has 1 fully saturated rings. The Hall–Kier alpha value is 0.370. The second-order valence-corrected chi connectivity index (χ2v) is 6.08. The smallest absolute Gasteiger partial charge is 0.246 e. The molecule has 1 saturated carbocycles. The highest BCUT2D eigenvalue weighted by atomic mass is 32.2. The Morgan fingerprint density at radius 2 is 2.00 bits per heavy atom. The van der Waals surface area contributed by atoms with Crippen LogP contribution in [-0.4, -0.2) is 15.5 Å². The molecule has 0 heterocycles. The number of rotatable bonds is 3. The van der Waals surface area contributed by atoms with E-state index in [1.165, 1.54) is 43.9 Å². The molecular formula is C10H18OS2. The fraction of sp³-hybridized carbons (Fsp3) is 0.900. The molecule has 0 radical (unpaired) electrons. The lowest BCUT2D eigenvalue weighted by Gasteiger charge is -2.19. The van der Waals surface area contributed by atoms with Crippen LogP contribution in [0.1, 0.15) is 45.4 Å². The van der Waals surface area contributed by atoms with Gasteiger partial charge in [-0.1, -0.05) is 49.7 Å². The summed E-state index contributed by atoms with van der Waals surface area (Å²) in [6.07, 6.45) is 7.62. The Balaban J connectivity index is 2.11. The summed E-state index contributed by atoms with van der Waals surface area (Å²) in [7, 11) is 0. The summed E-state index contributed by atoms with van der Waals surface area (Å²) in [6, 6.07) is 0. The number of thioether (sulfide) groups is 2. The highest BCUT2D eigenvalue weighted by molar-refractivity contribution is 8.38. The predicted octanol–water partition coefficient (Wildman–Crippen LogP) is 4.32. The summed E-state index contributed by atoms with van der Waals surface area (Å²) >= 11 is 3.08. The molecule has 0 unspecified atom stereocenters. The lowest BCUT2D eigenvalue weighted by molar-refractivity contribution is 0.276. The average Bonchev–Trinajstić information content (AvgIpc) is 2.16. The van der Waals surface area contributed by atoms with E-state index in [1.54, 1.807) is 11.8 Å². The van der Waals surface area contributed by atoms with Crippen molar-refractivity contribution in [3.05, 3.63) is 0 Å². The molecule has 0 aromatic heterocycles. The van der Waals surface area contributed by atoms with Gasteiger partial charge in [0.1, 0.15) is 0 Å². The first-order valence-corrected chi connectivity index (χ1v) is 7.03. The average molecular weight is 218 g/mol. The van der Waals surface area contributed by atoms with E-state index in [2.05, 4.69) is 6.92 Å². The molecule has 0 atom stereocenters. The second-order valence-electron chi connectivity index (χ2n) is 3.48. The third-order valence-electron chi connectivity index (χ3n) is 2.24. The van der Waals surface area contributed by atoms with Gasteiger partial charge in [0.15, 0.2) is 0 Å². The first-order valence-electron chi connectivity index (χ1n) is 5.16. The molecule has 0 aliphatic heterocycles. The van der Waals surface area contributed by atoms with Gasteiger partial charge in [0.25, 0.3) is 0 Å². The Morgan fingerprint density at radius 3 is 2.62 bits per heavy atom. The minimum Gasteiger partial charge on any atom is -0.274 e. The van der Waals surface area contributed by atoms with Crippen LogP contribution < -0.4 is 0 Å². The highest BCUT2D eigenvalue weighted by Gasteiger charge is 2.17. The van der Waals surface area contributed by atoms with Gasteiger partial charge in [0.2, 0.25) is 4.45 Å². The van der Waals surface area contributed by atoms with Crippen molar-refractivity contribution in [3.8, 4) is 0 Å². The molecule has 0 spiro atoms. The number of hydrogen-bond acceptors (Lipinski definition) is 3. The maximum atomic E-state index is 11.4.